The molecule has 2 aromatic heterocycles. The molecule has 0 aliphatic heterocycles. The molecule has 1 aromatic carbocycles. The van der Waals surface area contributed by atoms with Crippen LogP contribution in [0.25, 0.3) is 5.65 Å². The topological polar surface area (TPSA) is 96.1 Å². The second-order valence-electron chi connectivity index (χ2n) is 4.51. The number of fused-ring (bicyclic) bond motifs is 1. The van der Waals surface area contributed by atoms with Gasteiger partial charge in [-0.3, -0.25) is 4.98 Å². The smallest absolute Gasteiger partial charge is 0.350 e. The Labute approximate surface area is 133 Å². The first kappa shape index (κ1) is 15.1. The zero-order valence-corrected chi connectivity index (χ0v) is 12.7. The number of methoxy groups -OCH3 is 1. The predicted octanol–water partition coefficient (Wildman–Crippen LogP) is 1.73. The van der Waals surface area contributed by atoms with Crippen molar-refractivity contribution in [3.8, 4) is 11.8 Å². The molecule has 2 heterocycles. The summed E-state index contributed by atoms with van der Waals surface area (Å²) in [6.07, 6.45) is 1.28. The van der Waals surface area contributed by atoms with Gasteiger partial charge in [-0.25, -0.2) is 14.2 Å². The van der Waals surface area contributed by atoms with Gasteiger partial charge in [-0.2, -0.15) is 14.9 Å². The standard InChI is InChI=1S/C14H10FN5O2S/c1-22-11-3-2-8(4-10(11)15)7-23-13-18-12-9(5-16)6-17-20(12)14(21)19-13/h2-4,6H,7H2,1H3,(H,18,19,21). The normalized spacial score (nSPS) is 10.7. The molecule has 3 aromatic rings. The van der Waals surface area contributed by atoms with Gasteiger partial charge in [0, 0.05) is 5.75 Å². The quantitative estimate of drug-likeness (QED) is 0.731. The maximum absolute atomic E-state index is 13.7. The lowest BCUT2D eigenvalue weighted by atomic mass is 10.2. The van der Waals surface area contributed by atoms with Crippen molar-refractivity contribution in [2.75, 3.05) is 7.11 Å². The van der Waals surface area contributed by atoms with Crippen LogP contribution in [-0.4, -0.2) is 26.7 Å². The molecule has 0 unspecified atom stereocenters. The fourth-order valence-corrected chi connectivity index (χ4v) is 2.76. The number of aromatic nitrogens is 4. The summed E-state index contributed by atoms with van der Waals surface area (Å²) in [5, 5.41) is 13.1. The molecule has 0 amide bonds. The van der Waals surface area contributed by atoms with Crippen LogP contribution < -0.4 is 10.4 Å². The molecule has 0 atom stereocenters. The van der Waals surface area contributed by atoms with Gasteiger partial charge in [0.1, 0.15) is 11.6 Å². The number of halogens is 1. The number of benzene rings is 1. The summed E-state index contributed by atoms with van der Waals surface area (Å²) >= 11 is 1.22. The number of nitrogens with zero attached hydrogens (tertiary/aromatic N) is 4. The van der Waals surface area contributed by atoms with Gasteiger partial charge < -0.3 is 4.74 Å². The minimum atomic E-state index is -0.486. The summed E-state index contributed by atoms with van der Waals surface area (Å²) in [7, 11) is 1.40. The highest BCUT2D eigenvalue weighted by Crippen LogP contribution is 2.23. The van der Waals surface area contributed by atoms with E-state index in [1.54, 1.807) is 6.07 Å². The van der Waals surface area contributed by atoms with E-state index in [9.17, 15) is 9.18 Å². The van der Waals surface area contributed by atoms with Gasteiger partial charge in [0.2, 0.25) is 0 Å². The molecule has 0 spiro atoms. The zero-order valence-electron chi connectivity index (χ0n) is 11.9. The highest BCUT2D eigenvalue weighted by molar-refractivity contribution is 7.98. The second kappa shape index (κ2) is 6.10. The third kappa shape index (κ3) is 2.89. The molecule has 3 rings (SSSR count). The van der Waals surface area contributed by atoms with Crippen LogP contribution in [0, 0.1) is 17.1 Å². The monoisotopic (exact) mass is 331 g/mol. The van der Waals surface area contributed by atoms with Crippen molar-refractivity contribution < 1.29 is 9.13 Å². The lowest BCUT2D eigenvalue weighted by Gasteiger charge is -2.05. The first-order valence-electron chi connectivity index (χ1n) is 6.45. The molecule has 0 aliphatic carbocycles. The summed E-state index contributed by atoms with van der Waals surface area (Å²) in [6.45, 7) is 0. The van der Waals surface area contributed by atoms with Gasteiger partial charge in [-0.05, 0) is 17.7 Å². The summed E-state index contributed by atoms with van der Waals surface area (Å²) in [6, 6.07) is 6.55. The van der Waals surface area contributed by atoms with Crippen molar-refractivity contribution in [3.05, 3.63) is 51.8 Å². The van der Waals surface area contributed by atoms with Crippen molar-refractivity contribution >= 4 is 17.4 Å². The van der Waals surface area contributed by atoms with E-state index in [0.29, 0.717) is 16.5 Å². The van der Waals surface area contributed by atoms with Crippen LogP contribution in [0.2, 0.25) is 0 Å². The predicted molar refractivity (Wildman–Crippen MR) is 80.8 cm³/mol. The van der Waals surface area contributed by atoms with Crippen LogP contribution >= 0.6 is 11.8 Å². The number of thioether (sulfide) groups is 1. The van der Waals surface area contributed by atoms with Gasteiger partial charge >= 0.3 is 5.69 Å². The Kier molecular flexibility index (Phi) is 3.99. The lowest BCUT2D eigenvalue weighted by molar-refractivity contribution is 0.386. The van der Waals surface area contributed by atoms with Gasteiger partial charge in [-0.1, -0.05) is 17.8 Å². The Bertz CT molecular complexity index is 975. The Morgan fingerprint density at radius 2 is 2.35 bits per heavy atom. The maximum atomic E-state index is 13.7. The fraction of sp³-hybridized carbons (Fsp3) is 0.143. The SMILES string of the molecule is COc1ccc(CSc2nc3c(C#N)cnn3c(=O)[nH]2)cc1F. The van der Waals surface area contributed by atoms with E-state index in [1.807, 2.05) is 6.07 Å². The van der Waals surface area contributed by atoms with E-state index < -0.39 is 11.5 Å². The van der Waals surface area contributed by atoms with Crippen molar-refractivity contribution in [1.82, 2.24) is 19.6 Å². The van der Waals surface area contributed by atoms with Crippen LogP contribution in [0.5, 0.6) is 5.75 Å². The maximum Gasteiger partial charge on any atom is 0.350 e. The first-order chi connectivity index (χ1) is 11.1. The van der Waals surface area contributed by atoms with Gasteiger partial charge in [0.25, 0.3) is 0 Å². The minimum absolute atomic E-state index is 0.171. The Morgan fingerprint density at radius 1 is 1.52 bits per heavy atom. The number of nitriles is 1. The molecular formula is C14H10FN5O2S. The van der Waals surface area contributed by atoms with E-state index in [0.717, 1.165) is 4.52 Å². The Morgan fingerprint density at radius 3 is 3.04 bits per heavy atom. The van der Waals surface area contributed by atoms with E-state index in [1.165, 1.54) is 37.2 Å². The Hall–Kier alpha value is -2.86. The minimum Gasteiger partial charge on any atom is -0.494 e. The van der Waals surface area contributed by atoms with E-state index >= 15 is 0 Å². The molecule has 0 saturated heterocycles. The highest BCUT2D eigenvalue weighted by Gasteiger charge is 2.11. The van der Waals surface area contributed by atoms with E-state index in [2.05, 4.69) is 15.1 Å². The number of H-pyrrole nitrogens is 1. The molecule has 0 saturated carbocycles. The van der Waals surface area contributed by atoms with Gasteiger partial charge in [0.05, 0.1) is 13.3 Å². The average Bonchev–Trinajstić information content (AvgIpc) is 2.96. The van der Waals surface area contributed by atoms with Gasteiger partial charge in [0.15, 0.2) is 22.4 Å². The van der Waals surface area contributed by atoms with Crippen LogP contribution in [0.4, 0.5) is 4.39 Å². The number of hydrogen-bond donors (Lipinski definition) is 1. The molecule has 7 nitrogen and oxygen atoms in total. The molecule has 9 heteroatoms. The summed E-state index contributed by atoms with van der Waals surface area (Å²) in [5.74, 6) is 0.116. The molecule has 0 aliphatic rings. The van der Waals surface area contributed by atoms with Crippen LogP contribution in [-0.2, 0) is 5.75 Å². The fourth-order valence-electron chi connectivity index (χ4n) is 1.97. The number of ether oxygens (including phenoxy) is 1. The molecule has 1 N–H and O–H groups in total. The Balaban J connectivity index is 1.86. The van der Waals surface area contributed by atoms with Crippen molar-refractivity contribution in [2.24, 2.45) is 0 Å². The third-order valence-electron chi connectivity index (χ3n) is 3.07. The summed E-state index contributed by atoms with van der Waals surface area (Å²) in [5.41, 5.74) is 0.637. The summed E-state index contributed by atoms with van der Waals surface area (Å²) < 4.78 is 19.5. The lowest BCUT2D eigenvalue weighted by Crippen LogP contribution is -2.19. The number of aromatic amines is 1. The van der Waals surface area contributed by atoms with Crippen molar-refractivity contribution in [2.45, 2.75) is 10.9 Å². The largest absolute Gasteiger partial charge is 0.494 e. The van der Waals surface area contributed by atoms with Crippen LogP contribution in [0.3, 0.4) is 0 Å². The molecule has 0 bridgehead atoms. The number of rotatable bonds is 4. The molecule has 0 fully saturated rings. The summed E-state index contributed by atoms with van der Waals surface area (Å²) in [4.78, 5) is 18.7. The zero-order chi connectivity index (χ0) is 16.4. The molecule has 116 valence electrons. The molecular weight excluding hydrogens is 321 g/mol. The third-order valence-corrected chi connectivity index (χ3v) is 4.01. The van der Waals surface area contributed by atoms with Crippen LogP contribution in [0.15, 0.2) is 34.3 Å². The first-order valence-corrected chi connectivity index (χ1v) is 7.44. The highest BCUT2D eigenvalue weighted by atomic mass is 32.2. The second-order valence-corrected chi connectivity index (χ2v) is 5.47. The number of nitrogens with one attached hydrogen (secondary N) is 1. The molecule has 0 radical (unpaired) electrons. The number of hydrogen-bond acceptors (Lipinski definition) is 6. The van der Waals surface area contributed by atoms with Gasteiger partial charge in [-0.15, -0.1) is 0 Å². The molecule has 23 heavy (non-hydrogen) atoms. The van der Waals surface area contributed by atoms with Crippen molar-refractivity contribution in [3.63, 3.8) is 0 Å². The van der Waals surface area contributed by atoms with E-state index in [-0.39, 0.29) is 17.0 Å². The van der Waals surface area contributed by atoms with Crippen LogP contribution in [0.1, 0.15) is 11.1 Å². The van der Waals surface area contributed by atoms with E-state index in [4.69, 9.17) is 10.00 Å². The average molecular weight is 331 g/mol. The van der Waals surface area contributed by atoms with Crippen molar-refractivity contribution in [1.29, 1.82) is 5.26 Å².